The third-order valence-electron chi connectivity index (χ3n) is 2.83. The fourth-order valence-electron chi connectivity index (χ4n) is 1.85. The van der Waals surface area contributed by atoms with Gasteiger partial charge in [0.25, 0.3) is 0 Å². The molecule has 2 aromatic carbocycles. The summed E-state index contributed by atoms with van der Waals surface area (Å²) in [4.78, 5) is 0. The highest BCUT2D eigenvalue weighted by atomic mass is 35.5. The molecule has 1 atom stereocenters. The summed E-state index contributed by atoms with van der Waals surface area (Å²) in [6.07, 6.45) is 0.298. The first-order valence-electron chi connectivity index (χ1n) is 5.62. The first-order chi connectivity index (χ1) is 8.99. The van der Waals surface area contributed by atoms with E-state index in [0.29, 0.717) is 27.6 Å². The Bertz CT molecular complexity index is 601. The molecule has 0 saturated heterocycles. The van der Waals surface area contributed by atoms with Gasteiger partial charge in [-0.15, -0.1) is 0 Å². The number of benzene rings is 2. The molecule has 0 fully saturated rings. The number of hydrogen-bond acceptors (Lipinski definition) is 1. The molecule has 100 valence electrons. The van der Waals surface area contributed by atoms with E-state index in [-0.39, 0.29) is 5.02 Å². The molecule has 2 N–H and O–H groups in total. The summed E-state index contributed by atoms with van der Waals surface area (Å²) in [5.74, 6) is -0.447. The fraction of sp³-hybridized carbons (Fsp3) is 0.143. The quantitative estimate of drug-likeness (QED) is 0.844. The van der Waals surface area contributed by atoms with Gasteiger partial charge in [-0.3, -0.25) is 0 Å². The van der Waals surface area contributed by atoms with Crippen LogP contribution in [0.5, 0.6) is 0 Å². The minimum absolute atomic E-state index is 0.0851. The van der Waals surface area contributed by atoms with Gasteiger partial charge in [-0.1, -0.05) is 46.9 Å². The van der Waals surface area contributed by atoms with E-state index in [1.54, 1.807) is 30.3 Å². The van der Waals surface area contributed by atoms with E-state index in [9.17, 15) is 4.39 Å². The van der Waals surface area contributed by atoms with Gasteiger partial charge >= 0.3 is 0 Å². The molecule has 0 amide bonds. The van der Waals surface area contributed by atoms with Crippen LogP contribution in [0.1, 0.15) is 17.2 Å². The lowest BCUT2D eigenvalue weighted by Gasteiger charge is -2.15. The van der Waals surface area contributed by atoms with E-state index >= 15 is 0 Å². The van der Waals surface area contributed by atoms with Gasteiger partial charge in [0.2, 0.25) is 0 Å². The lowest BCUT2D eigenvalue weighted by molar-refractivity contribution is 0.594. The standard InChI is InChI=1S/C14H11Cl3FN/c15-9-4-5-11(16)10(7-9)13(19)6-8-2-1-3-12(17)14(8)18/h1-5,7,13H,6,19H2. The zero-order chi connectivity index (χ0) is 14.0. The molecule has 0 aromatic heterocycles. The van der Waals surface area contributed by atoms with E-state index in [4.69, 9.17) is 40.5 Å². The molecule has 0 bridgehead atoms. The van der Waals surface area contributed by atoms with Crippen LogP contribution in [-0.4, -0.2) is 0 Å². The summed E-state index contributed by atoms with van der Waals surface area (Å²) in [7, 11) is 0. The van der Waals surface area contributed by atoms with Gasteiger partial charge in [-0.25, -0.2) is 4.39 Å². The maximum Gasteiger partial charge on any atom is 0.145 e. The molecule has 1 unspecified atom stereocenters. The topological polar surface area (TPSA) is 26.0 Å². The summed E-state index contributed by atoms with van der Waals surface area (Å²) in [5.41, 5.74) is 7.21. The third-order valence-corrected chi connectivity index (χ3v) is 3.70. The van der Waals surface area contributed by atoms with Crippen LogP contribution >= 0.6 is 34.8 Å². The van der Waals surface area contributed by atoms with Gasteiger partial charge in [0, 0.05) is 16.1 Å². The Balaban J connectivity index is 2.28. The summed E-state index contributed by atoms with van der Waals surface area (Å²) >= 11 is 17.7. The Kier molecular flexibility index (Phi) is 4.69. The molecule has 2 aromatic rings. The maximum atomic E-state index is 13.8. The second-order valence-corrected chi connectivity index (χ2v) is 5.44. The second kappa shape index (κ2) is 6.10. The smallest absolute Gasteiger partial charge is 0.145 e. The first kappa shape index (κ1) is 14.6. The number of hydrogen-bond donors (Lipinski definition) is 1. The zero-order valence-corrected chi connectivity index (χ0v) is 12.1. The number of nitrogens with two attached hydrogens (primary N) is 1. The Morgan fingerprint density at radius 3 is 2.53 bits per heavy atom. The lowest BCUT2D eigenvalue weighted by atomic mass is 9.99. The van der Waals surface area contributed by atoms with Crippen LogP contribution in [0.2, 0.25) is 15.1 Å². The van der Waals surface area contributed by atoms with Crippen molar-refractivity contribution in [1.82, 2.24) is 0 Å². The van der Waals surface area contributed by atoms with Crippen LogP contribution in [0, 0.1) is 5.82 Å². The van der Waals surface area contributed by atoms with Gasteiger partial charge < -0.3 is 5.73 Å². The van der Waals surface area contributed by atoms with E-state index in [2.05, 4.69) is 0 Å². The average Bonchev–Trinajstić information content (AvgIpc) is 2.38. The molecule has 0 aliphatic rings. The van der Waals surface area contributed by atoms with E-state index < -0.39 is 11.9 Å². The van der Waals surface area contributed by atoms with Gasteiger partial charge in [-0.05, 0) is 41.8 Å². The van der Waals surface area contributed by atoms with E-state index in [1.165, 1.54) is 6.07 Å². The molecule has 0 spiro atoms. The Labute approximate surface area is 126 Å². The van der Waals surface area contributed by atoms with Gasteiger partial charge in [0.05, 0.1) is 5.02 Å². The first-order valence-corrected chi connectivity index (χ1v) is 6.76. The lowest BCUT2D eigenvalue weighted by Crippen LogP contribution is -2.14. The molecular weight excluding hydrogens is 308 g/mol. The molecular formula is C14H11Cl3FN. The van der Waals surface area contributed by atoms with Gasteiger partial charge in [-0.2, -0.15) is 0 Å². The normalized spacial score (nSPS) is 12.5. The minimum Gasteiger partial charge on any atom is -0.324 e. The van der Waals surface area contributed by atoms with Crippen molar-refractivity contribution in [2.24, 2.45) is 5.73 Å². The van der Waals surface area contributed by atoms with Crippen molar-refractivity contribution in [1.29, 1.82) is 0 Å². The van der Waals surface area contributed by atoms with Crippen molar-refractivity contribution in [3.05, 3.63) is 68.4 Å². The van der Waals surface area contributed by atoms with Crippen molar-refractivity contribution in [2.45, 2.75) is 12.5 Å². The van der Waals surface area contributed by atoms with E-state index in [1.807, 2.05) is 0 Å². The zero-order valence-electron chi connectivity index (χ0n) is 9.84. The SMILES string of the molecule is NC(Cc1cccc(Cl)c1F)c1cc(Cl)ccc1Cl. The Morgan fingerprint density at radius 1 is 1.05 bits per heavy atom. The third kappa shape index (κ3) is 3.40. The fourth-order valence-corrected chi connectivity index (χ4v) is 2.48. The van der Waals surface area contributed by atoms with Crippen molar-refractivity contribution in [3.8, 4) is 0 Å². The van der Waals surface area contributed by atoms with Crippen molar-refractivity contribution in [2.75, 3.05) is 0 Å². The largest absolute Gasteiger partial charge is 0.324 e. The molecule has 19 heavy (non-hydrogen) atoms. The van der Waals surface area contributed by atoms with Gasteiger partial charge in [0.1, 0.15) is 5.82 Å². The molecule has 0 aliphatic heterocycles. The summed E-state index contributed by atoms with van der Waals surface area (Å²) < 4.78 is 13.8. The monoisotopic (exact) mass is 317 g/mol. The highest BCUT2D eigenvalue weighted by molar-refractivity contribution is 6.33. The molecule has 5 heteroatoms. The van der Waals surface area contributed by atoms with Crippen LogP contribution in [-0.2, 0) is 6.42 Å². The summed E-state index contributed by atoms with van der Waals surface area (Å²) in [6, 6.07) is 9.44. The highest BCUT2D eigenvalue weighted by Crippen LogP contribution is 2.28. The molecule has 1 nitrogen and oxygen atoms in total. The minimum atomic E-state index is -0.447. The van der Waals surface area contributed by atoms with Crippen molar-refractivity contribution < 1.29 is 4.39 Å². The second-order valence-electron chi connectivity index (χ2n) is 4.19. The average molecular weight is 319 g/mol. The van der Waals surface area contributed by atoms with E-state index in [0.717, 1.165) is 0 Å². The van der Waals surface area contributed by atoms with Crippen LogP contribution in [0.15, 0.2) is 36.4 Å². The van der Waals surface area contributed by atoms with Crippen molar-refractivity contribution >= 4 is 34.8 Å². The summed E-state index contributed by atoms with van der Waals surface area (Å²) in [6.45, 7) is 0. The highest BCUT2D eigenvalue weighted by Gasteiger charge is 2.15. The van der Waals surface area contributed by atoms with Crippen LogP contribution in [0.3, 0.4) is 0 Å². The Hall–Kier alpha value is -0.800. The van der Waals surface area contributed by atoms with Crippen LogP contribution in [0.25, 0.3) is 0 Å². The summed E-state index contributed by atoms with van der Waals surface area (Å²) in [5, 5.41) is 1.14. The van der Waals surface area contributed by atoms with Gasteiger partial charge in [0.15, 0.2) is 0 Å². The molecule has 0 heterocycles. The van der Waals surface area contributed by atoms with Crippen molar-refractivity contribution in [3.63, 3.8) is 0 Å². The molecule has 0 aliphatic carbocycles. The predicted molar refractivity (Wildman–Crippen MR) is 78.5 cm³/mol. The molecule has 0 saturated carbocycles. The molecule has 0 radical (unpaired) electrons. The Morgan fingerprint density at radius 2 is 1.79 bits per heavy atom. The van der Waals surface area contributed by atoms with Crippen LogP contribution in [0.4, 0.5) is 4.39 Å². The maximum absolute atomic E-state index is 13.8. The molecule has 2 rings (SSSR count). The van der Waals surface area contributed by atoms with Crippen LogP contribution < -0.4 is 5.73 Å². The number of halogens is 4. The predicted octanol–water partition coefficient (Wildman–Crippen LogP) is 5.03. The number of rotatable bonds is 3.